The summed E-state index contributed by atoms with van der Waals surface area (Å²) in [6.45, 7) is 5.82. The van der Waals surface area contributed by atoms with E-state index in [9.17, 15) is 13.2 Å². The third-order valence-corrected chi connectivity index (χ3v) is 5.00. The van der Waals surface area contributed by atoms with Crippen molar-refractivity contribution >= 4 is 21.6 Å². The molecule has 0 aromatic heterocycles. The molecule has 0 atom stereocenters. The average Bonchev–Trinajstić information content (AvgIpc) is 2.52. The van der Waals surface area contributed by atoms with Crippen molar-refractivity contribution in [1.29, 1.82) is 0 Å². The molecule has 1 aromatic carbocycles. The van der Waals surface area contributed by atoms with E-state index < -0.39 is 10.0 Å². The number of benzene rings is 1. The van der Waals surface area contributed by atoms with E-state index in [1.807, 2.05) is 26.0 Å². The average molecular weight is 340 g/mol. The molecule has 0 saturated carbocycles. The van der Waals surface area contributed by atoms with E-state index in [4.69, 9.17) is 4.74 Å². The fourth-order valence-corrected chi connectivity index (χ4v) is 3.49. The van der Waals surface area contributed by atoms with Crippen LogP contribution in [0.4, 0.5) is 5.69 Å². The standard InChI is InChI=1S/C16H24N2O4S/c1-13(2)14-6-4-5-7-15(14)18(23(3,20)21)12-16(19)17-8-10-22-11-9-17/h4-7,13H,8-12H2,1-3H3. The van der Waals surface area contributed by atoms with Gasteiger partial charge in [0.15, 0.2) is 0 Å². The number of hydrogen-bond donors (Lipinski definition) is 0. The molecule has 0 aliphatic carbocycles. The zero-order valence-electron chi connectivity index (χ0n) is 13.9. The van der Waals surface area contributed by atoms with E-state index in [2.05, 4.69) is 0 Å². The lowest BCUT2D eigenvalue weighted by Crippen LogP contribution is -2.47. The van der Waals surface area contributed by atoms with Crippen molar-refractivity contribution in [2.24, 2.45) is 0 Å². The van der Waals surface area contributed by atoms with Gasteiger partial charge in [0.25, 0.3) is 0 Å². The van der Waals surface area contributed by atoms with Crippen molar-refractivity contribution in [2.45, 2.75) is 19.8 Å². The lowest BCUT2D eigenvalue weighted by Gasteiger charge is -2.31. The Labute approximate surface area is 138 Å². The van der Waals surface area contributed by atoms with E-state index in [0.29, 0.717) is 32.0 Å². The van der Waals surface area contributed by atoms with Gasteiger partial charge in [-0.2, -0.15) is 0 Å². The highest BCUT2D eigenvalue weighted by Gasteiger charge is 2.26. The number of nitrogens with zero attached hydrogens (tertiary/aromatic N) is 2. The van der Waals surface area contributed by atoms with Crippen molar-refractivity contribution in [3.8, 4) is 0 Å². The summed E-state index contributed by atoms with van der Waals surface area (Å²) in [5.41, 5.74) is 1.49. The second-order valence-electron chi connectivity index (χ2n) is 5.98. The second kappa shape index (κ2) is 7.31. The van der Waals surface area contributed by atoms with Gasteiger partial charge in [0, 0.05) is 13.1 Å². The molecule has 1 saturated heterocycles. The van der Waals surface area contributed by atoms with Crippen molar-refractivity contribution in [2.75, 3.05) is 43.4 Å². The first-order chi connectivity index (χ1) is 10.8. The molecule has 0 radical (unpaired) electrons. The summed E-state index contributed by atoms with van der Waals surface area (Å²) in [4.78, 5) is 14.1. The molecule has 1 aromatic rings. The summed E-state index contributed by atoms with van der Waals surface area (Å²) >= 11 is 0. The van der Waals surface area contributed by atoms with Crippen LogP contribution < -0.4 is 4.31 Å². The van der Waals surface area contributed by atoms with E-state index in [0.717, 1.165) is 11.8 Å². The highest BCUT2D eigenvalue weighted by Crippen LogP contribution is 2.29. The van der Waals surface area contributed by atoms with Gasteiger partial charge < -0.3 is 9.64 Å². The van der Waals surface area contributed by atoms with Crippen LogP contribution in [-0.4, -0.2) is 58.3 Å². The van der Waals surface area contributed by atoms with Crippen molar-refractivity contribution in [3.05, 3.63) is 29.8 Å². The van der Waals surface area contributed by atoms with E-state index in [-0.39, 0.29) is 18.4 Å². The number of amides is 1. The quantitative estimate of drug-likeness (QED) is 0.813. The Morgan fingerprint density at radius 1 is 1.26 bits per heavy atom. The highest BCUT2D eigenvalue weighted by atomic mass is 32.2. The van der Waals surface area contributed by atoms with Crippen LogP contribution in [0.1, 0.15) is 25.3 Å². The summed E-state index contributed by atoms with van der Waals surface area (Å²) < 4.78 is 31.0. The summed E-state index contributed by atoms with van der Waals surface area (Å²) in [6, 6.07) is 7.32. The van der Waals surface area contributed by atoms with Crippen LogP contribution in [0, 0.1) is 0 Å². The van der Waals surface area contributed by atoms with Gasteiger partial charge in [0.05, 0.1) is 25.2 Å². The molecule has 0 N–H and O–H groups in total. The molecule has 1 aliphatic heterocycles. The molecule has 2 rings (SSSR count). The number of sulfonamides is 1. The molecule has 23 heavy (non-hydrogen) atoms. The lowest BCUT2D eigenvalue weighted by molar-refractivity contribution is -0.133. The van der Waals surface area contributed by atoms with E-state index in [1.54, 1.807) is 17.0 Å². The van der Waals surface area contributed by atoms with E-state index in [1.165, 1.54) is 4.31 Å². The van der Waals surface area contributed by atoms with Crippen molar-refractivity contribution < 1.29 is 17.9 Å². The molecule has 0 bridgehead atoms. The predicted molar refractivity (Wildman–Crippen MR) is 90.1 cm³/mol. The Morgan fingerprint density at radius 2 is 1.87 bits per heavy atom. The number of hydrogen-bond acceptors (Lipinski definition) is 4. The van der Waals surface area contributed by atoms with Gasteiger partial charge >= 0.3 is 0 Å². The Bertz CT molecular complexity index is 652. The van der Waals surface area contributed by atoms with Crippen LogP contribution in [0.5, 0.6) is 0 Å². The van der Waals surface area contributed by atoms with E-state index >= 15 is 0 Å². The third-order valence-electron chi connectivity index (χ3n) is 3.87. The summed E-state index contributed by atoms with van der Waals surface area (Å²) in [7, 11) is -3.55. The van der Waals surface area contributed by atoms with Crippen LogP contribution in [0.3, 0.4) is 0 Å². The number of anilines is 1. The maximum atomic E-state index is 12.5. The second-order valence-corrected chi connectivity index (χ2v) is 7.88. The molecule has 6 nitrogen and oxygen atoms in total. The minimum absolute atomic E-state index is 0.161. The predicted octanol–water partition coefficient (Wildman–Crippen LogP) is 1.43. The van der Waals surface area contributed by atoms with Gasteiger partial charge in [-0.15, -0.1) is 0 Å². The lowest BCUT2D eigenvalue weighted by atomic mass is 10.0. The topological polar surface area (TPSA) is 66.9 Å². The van der Waals surface area contributed by atoms with Crippen LogP contribution in [-0.2, 0) is 19.6 Å². The number of carbonyl (C=O) groups is 1. The van der Waals surface area contributed by atoms with Crippen LogP contribution in [0.15, 0.2) is 24.3 Å². The molecule has 128 valence electrons. The maximum Gasteiger partial charge on any atom is 0.243 e. The maximum absolute atomic E-state index is 12.5. The minimum atomic E-state index is -3.55. The smallest absolute Gasteiger partial charge is 0.243 e. The number of carbonyl (C=O) groups excluding carboxylic acids is 1. The largest absolute Gasteiger partial charge is 0.378 e. The summed E-state index contributed by atoms with van der Waals surface area (Å²) in [5.74, 6) is -0.0359. The fourth-order valence-electron chi connectivity index (χ4n) is 2.62. The minimum Gasteiger partial charge on any atom is -0.378 e. The summed E-state index contributed by atoms with van der Waals surface area (Å²) in [5, 5.41) is 0. The Morgan fingerprint density at radius 3 is 2.43 bits per heavy atom. The Kier molecular flexibility index (Phi) is 5.64. The molecular weight excluding hydrogens is 316 g/mol. The van der Waals surface area contributed by atoms with Gasteiger partial charge in [-0.05, 0) is 17.5 Å². The molecule has 0 spiro atoms. The zero-order chi connectivity index (χ0) is 17.0. The highest BCUT2D eigenvalue weighted by molar-refractivity contribution is 7.92. The van der Waals surface area contributed by atoms with Crippen LogP contribution in [0.2, 0.25) is 0 Å². The molecular formula is C16H24N2O4S. The zero-order valence-corrected chi connectivity index (χ0v) is 14.7. The fraction of sp³-hybridized carbons (Fsp3) is 0.562. The number of rotatable bonds is 5. The molecule has 1 fully saturated rings. The van der Waals surface area contributed by atoms with Gasteiger partial charge in [-0.25, -0.2) is 8.42 Å². The summed E-state index contributed by atoms with van der Waals surface area (Å²) in [6.07, 6.45) is 1.14. The normalized spacial score (nSPS) is 15.7. The first-order valence-electron chi connectivity index (χ1n) is 7.73. The first kappa shape index (κ1) is 17.7. The number of ether oxygens (including phenoxy) is 1. The van der Waals surface area contributed by atoms with Gasteiger partial charge in [-0.3, -0.25) is 9.10 Å². The monoisotopic (exact) mass is 340 g/mol. The third kappa shape index (κ3) is 4.45. The number of morpholine rings is 1. The molecule has 0 unspecified atom stereocenters. The Balaban J connectivity index is 2.30. The van der Waals surface area contributed by atoms with Gasteiger partial charge in [0.2, 0.25) is 15.9 Å². The number of para-hydroxylation sites is 1. The van der Waals surface area contributed by atoms with Gasteiger partial charge in [-0.1, -0.05) is 32.0 Å². The Hall–Kier alpha value is -1.60. The molecule has 7 heteroatoms. The van der Waals surface area contributed by atoms with Gasteiger partial charge in [0.1, 0.15) is 6.54 Å². The van der Waals surface area contributed by atoms with Crippen molar-refractivity contribution in [1.82, 2.24) is 4.90 Å². The van der Waals surface area contributed by atoms with Crippen LogP contribution in [0.25, 0.3) is 0 Å². The molecule has 1 heterocycles. The molecule has 1 amide bonds. The van der Waals surface area contributed by atoms with Crippen molar-refractivity contribution in [3.63, 3.8) is 0 Å². The van der Waals surface area contributed by atoms with Crippen LogP contribution >= 0.6 is 0 Å². The first-order valence-corrected chi connectivity index (χ1v) is 9.57. The SMILES string of the molecule is CC(C)c1ccccc1N(CC(=O)N1CCOCC1)S(C)(=O)=O. The molecule has 1 aliphatic rings.